The Morgan fingerprint density at radius 2 is 1.68 bits per heavy atom. The summed E-state index contributed by atoms with van der Waals surface area (Å²) in [6.45, 7) is 6.08. The maximum atomic E-state index is 14.2. The standard InChI is InChI=1S/C31H27FN4S/c1-19-17-23(14-15-26(19)32)36-30(29(34-31(36)37)27-12-6-7-16-33-27)25-18-20(2)35(21(25)3)28-13-8-10-22-9-4-5-11-24(22)28/h4-18,29-30H,1-3H3,(H,34,37)/t29-,30+/m1/s1. The maximum absolute atomic E-state index is 14.2. The molecule has 1 saturated heterocycles. The monoisotopic (exact) mass is 506 g/mol. The van der Waals surface area contributed by atoms with Gasteiger partial charge in [0.25, 0.3) is 0 Å². The van der Waals surface area contributed by atoms with E-state index in [1.165, 1.54) is 16.8 Å². The lowest BCUT2D eigenvalue weighted by atomic mass is 9.96. The smallest absolute Gasteiger partial charge is 0.174 e. The number of fused-ring (bicyclic) bond motifs is 1. The molecule has 0 saturated carbocycles. The van der Waals surface area contributed by atoms with Gasteiger partial charge in [-0.2, -0.15) is 0 Å². The van der Waals surface area contributed by atoms with Crippen molar-refractivity contribution in [1.29, 1.82) is 0 Å². The maximum Gasteiger partial charge on any atom is 0.174 e. The average molecular weight is 507 g/mol. The van der Waals surface area contributed by atoms with Crippen LogP contribution in [0.1, 0.15) is 40.3 Å². The number of halogens is 1. The molecule has 5 aromatic rings. The van der Waals surface area contributed by atoms with Crippen LogP contribution in [0, 0.1) is 26.6 Å². The molecule has 0 unspecified atom stereocenters. The fourth-order valence-electron chi connectivity index (χ4n) is 5.59. The molecule has 2 aromatic heterocycles. The highest BCUT2D eigenvalue weighted by molar-refractivity contribution is 7.80. The summed E-state index contributed by atoms with van der Waals surface area (Å²) in [6, 6.07) is 27.9. The van der Waals surface area contributed by atoms with E-state index in [1.807, 2.05) is 24.3 Å². The molecule has 184 valence electrons. The van der Waals surface area contributed by atoms with Gasteiger partial charge in [0.2, 0.25) is 0 Å². The second-order valence-corrected chi connectivity index (χ2v) is 9.98. The number of nitrogens with zero attached hydrogens (tertiary/aromatic N) is 3. The normalized spacial score (nSPS) is 17.4. The molecule has 1 fully saturated rings. The predicted octanol–water partition coefficient (Wildman–Crippen LogP) is 7.27. The first-order chi connectivity index (χ1) is 17.9. The van der Waals surface area contributed by atoms with Crippen LogP contribution in [0.3, 0.4) is 0 Å². The van der Waals surface area contributed by atoms with Gasteiger partial charge in [0, 0.05) is 28.7 Å². The van der Waals surface area contributed by atoms with Gasteiger partial charge in [0.15, 0.2) is 5.11 Å². The molecule has 3 aromatic carbocycles. The highest BCUT2D eigenvalue weighted by atomic mass is 32.1. The number of aromatic nitrogens is 2. The van der Waals surface area contributed by atoms with Crippen molar-refractivity contribution in [2.24, 2.45) is 0 Å². The van der Waals surface area contributed by atoms with Crippen molar-refractivity contribution in [1.82, 2.24) is 14.9 Å². The number of aryl methyl sites for hydroxylation is 2. The molecule has 37 heavy (non-hydrogen) atoms. The van der Waals surface area contributed by atoms with Crippen molar-refractivity contribution in [2.45, 2.75) is 32.9 Å². The molecule has 2 atom stereocenters. The number of pyridine rings is 1. The van der Waals surface area contributed by atoms with Gasteiger partial charge in [-0.3, -0.25) is 4.98 Å². The largest absolute Gasteiger partial charge is 0.351 e. The third-order valence-corrected chi connectivity index (χ3v) is 7.63. The lowest BCUT2D eigenvalue weighted by Crippen LogP contribution is -2.29. The summed E-state index contributed by atoms with van der Waals surface area (Å²) in [6.07, 6.45) is 1.81. The Hall–Kier alpha value is -4.03. The zero-order valence-electron chi connectivity index (χ0n) is 20.9. The van der Waals surface area contributed by atoms with Crippen LogP contribution >= 0.6 is 12.2 Å². The second kappa shape index (κ2) is 9.12. The first kappa shape index (κ1) is 23.4. The number of nitrogens with one attached hydrogen (secondary N) is 1. The van der Waals surface area contributed by atoms with E-state index in [2.05, 4.69) is 82.1 Å². The topological polar surface area (TPSA) is 33.1 Å². The highest BCUT2D eigenvalue weighted by Gasteiger charge is 2.42. The Morgan fingerprint density at radius 1 is 0.892 bits per heavy atom. The van der Waals surface area contributed by atoms with Crippen molar-refractivity contribution in [3.05, 3.63) is 125 Å². The van der Waals surface area contributed by atoms with E-state index < -0.39 is 0 Å². The first-order valence-electron chi connectivity index (χ1n) is 12.4. The summed E-state index contributed by atoms with van der Waals surface area (Å²) in [7, 11) is 0. The first-order valence-corrected chi connectivity index (χ1v) is 12.8. The molecule has 0 radical (unpaired) electrons. The third-order valence-electron chi connectivity index (χ3n) is 7.31. The molecule has 0 aliphatic carbocycles. The molecule has 6 rings (SSSR count). The Labute approximate surface area is 221 Å². The Bertz CT molecular complexity index is 1640. The number of hydrogen-bond acceptors (Lipinski definition) is 2. The van der Waals surface area contributed by atoms with Crippen LogP contribution in [0.25, 0.3) is 16.5 Å². The Kier molecular flexibility index (Phi) is 5.76. The molecule has 0 spiro atoms. The fourth-order valence-corrected chi connectivity index (χ4v) is 5.93. The van der Waals surface area contributed by atoms with Gasteiger partial charge in [0.1, 0.15) is 5.82 Å². The van der Waals surface area contributed by atoms with Gasteiger partial charge >= 0.3 is 0 Å². The molecule has 1 N–H and O–H groups in total. The molecule has 1 aliphatic heterocycles. The average Bonchev–Trinajstić information content (AvgIpc) is 3.40. The minimum Gasteiger partial charge on any atom is -0.351 e. The van der Waals surface area contributed by atoms with Crippen LogP contribution < -0.4 is 10.2 Å². The van der Waals surface area contributed by atoms with Crippen LogP contribution in [0.4, 0.5) is 10.1 Å². The number of benzene rings is 3. The molecule has 0 amide bonds. The minimum absolute atomic E-state index is 0.165. The van der Waals surface area contributed by atoms with E-state index in [0.717, 1.165) is 34.0 Å². The predicted molar refractivity (Wildman–Crippen MR) is 152 cm³/mol. The zero-order valence-corrected chi connectivity index (χ0v) is 21.8. The molecule has 0 bridgehead atoms. The van der Waals surface area contributed by atoms with Crippen LogP contribution in [0.15, 0.2) is 91.1 Å². The third kappa shape index (κ3) is 3.89. The van der Waals surface area contributed by atoms with Crippen molar-refractivity contribution in [2.75, 3.05) is 4.90 Å². The quantitative estimate of drug-likeness (QED) is 0.260. The van der Waals surface area contributed by atoms with Crippen molar-refractivity contribution in [3.63, 3.8) is 0 Å². The van der Waals surface area contributed by atoms with Crippen LogP contribution in [-0.4, -0.2) is 14.7 Å². The summed E-state index contributed by atoms with van der Waals surface area (Å²) in [4.78, 5) is 6.78. The summed E-state index contributed by atoms with van der Waals surface area (Å²) in [5, 5.41) is 6.52. The molecular formula is C31H27FN4S. The summed E-state index contributed by atoms with van der Waals surface area (Å²) < 4.78 is 16.5. The molecular weight excluding hydrogens is 479 g/mol. The Balaban J connectivity index is 1.55. The number of hydrogen-bond donors (Lipinski definition) is 1. The van der Waals surface area contributed by atoms with Gasteiger partial charge in [-0.05, 0) is 92.0 Å². The molecule has 3 heterocycles. The minimum atomic E-state index is -0.228. The van der Waals surface area contributed by atoms with Crippen molar-refractivity contribution in [3.8, 4) is 5.69 Å². The van der Waals surface area contributed by atoms with Crippen LogP contribution in [0.5, 0.6) is 0 Å². The van der Waals surface area contributed by atoms with Gasteiger partial charge in [-0.1, -0.05) is 42.5 Å². The summed E-state index contributed by atoms with van der Waals surface area (Å²) in [5.41, 5.74) is 6.91. The van der Waals surface area contributed by atoms with E-state index in [9.17, 15) is 4.39 Å². The van der Waals surface area contributed by atoms with Gasteiger partial charge in [-0.15, -0.1) is 0 Å². The van der Waals surface area contributed by atoms with Crippen LogP contribution in [0.2, 0.25) is 0 Å². The summed E-state index contributed by atoms with van der Waals surface area (Å²) >= 11 is 5.88. The summed E-state index contributed by atoms with van der Waals surface area (Å²) in [5.74, 6) is -0.228. The van der Waals surface area contributed by atoms with E-state index >= 15 is 0 Å². The van der Waals surface area contributed by atoms with E-state index in [4.69, 9.17) is 12.2 Å². The second-order valence-electron chi connectivity index (χ2n) is 9.59. The van der Waals surface area contributed by atoms with Gasteiger partial charge in [0.05, 0.1) is 23.5 Å². The van der Waals surface area contributed by atoms with Gasteiger partial charge < -0.3 is 14.8 Å². The van der Waals surface area contributed by atoms with Gasteiger partial charge in [-0.25, -0.2) is 4.39 Å². The number of anilines is 1. The Morgan fingerprint density at radius 3 is 2.46 bits per heavy atom. The lowest BCUT2D eigenvalue weighted by molar-refractivity contribution is 0.564. The highest BCUT2D eigenvalue weighted by Crippen LogP contribution is 2.44. The number of rotatable bonds is 4. The van der Waals surface area contributed by atoms with E-state index in [0.29, 0.717) is 10.7 Å². The SMILES string of the molecule is Cc1cc(N2C(=S)N[C@H](c3ccccn3)[C@@H]2c2cc(C)n(-c3cccc4ccccc34)c2C)ccc1F. The molecule has 4 nitrogen and oxygen atoms in total. The molecule has 6 heteroatoms. The van der Waals surface area contributed by atoms with Crippen molar-refractivity contribution >= 4 is 33.8 Å². The lowest BCUT2D eigenvalue weighted by Gasteiger charge is -2.28. The number of thiocarbonyl (C=S) groups is 1. The molecule has 1 aliphatic rings. The zero-order chi connectivity index (χ0) is 25.7. The van der Waals surface area contributed by atoms with Crippen molar-refractivity contribution < 1.29 is 4.39 Å². The fraction of sp³-hybridized carbons (Fsp3) is 0.161. The van der Waals surface area contributed by atoms with E-state index in [1.54, 1.807) is 19.2 Å². The van der Waals surface area contributed by atoms with E-state index in [-0.39, 0.29) is 17.9 Å². The van der Waals surface area contributed by atoms with Crippen LogP contribution in [-0.2, 0) is 0 Å².